The lowest BCUT2D eigenvalue weighted by molar-refractivity contribution is 0.0841. The molecule has 1 atom stereocenters. The molecule has 1 fully saturated rings. The standard InChI is InChI=1S/C22H26N6O3/c1-26-12-13-28(18(14-26)15-6-4-3-5-7-15)11-10-23-21(30)17-9-8-16-19(24-17)27(2)22(31)25-20(16)29/h3-9,18H,10-14H2,1-2H3,(H,23,30)(H,25,29,31)/t18-/m0/s1. The smallest absolute Gasteiger partial charge is 0.329 e. The van der Waals surface area contributed by atoms with Crippen LogP contribution in [0.3, 0.4) is 0 Å². The summed E-state index contributed by atoms with van der Waals surface area (Å²) in [5.41, 5.74) is 0.544. The molecule has 3 aromatic rings. The van der Waals surface area contributed by atoms with Crippen molar-refractivity contribution in [3.05, 3.63) is 74.6 Å². The predicted molar refractivity (Wildman–Crippen MR) is 118 cm³/mol. The van der Waals surface area contributed by atoms with Crippen LogP contribution in [-0.4, -0.2) is 70.0 Å². The normalized spacial score (nSPS) is 17.7. The zero-order chi connectivity index (χ0) is 22.0. The quantitative estimate of drug-likeness (QED) is 0.615. The molecule has 1 aliphatic rings. The van der Waals surface area contributed by atoms with E-state index in [1.807, 2.05) is 18.2 Å². The van der Waals surface area contributed by atoms with Crippen LogP contribution in [0.15, 0.2) is 52.1 Å². The molecular weight excluding hydrogens is 396 g/mol. The fourth-order valence-corrected chi connectivity index (χ4v) is 3.97. The lowest BCUT2D eigenvalue weighted by atomic mass is 10.0. The average molecular weight is 422 g/mol. The Bertz CT molecular complexity index is 1200. The van der Waals surface area contributed by atoms with Gasteiger partial charge in [0.25, 0.3) is 11.5 Å². The maximum atomic E-state index is 12.6. The van der Waals surface area contributed by atoms with Gasteiger partial charge in [-0.05, 0) is 24.7 Å². The Labute approximate surface area is 179 Å². The molecule has 9 nitrogen and oxygen atoms in total. The number of aryl methyl sites for hydroxylation is 1. The van der Waals surface area contributed by atoms with Gasteiger partial charge in [0.2, 0.25) is 0 Å². The monoisotopic (exact) mass is 422 g/mol. The Kier molecular flexibility index (Phi) is 5.97. The van der Waals surface area contributed by atoms with Gasteiger partial charge in [-0.25, -0.2) is 9.78 Å². The summed E-state index contributed by atoms with van der Waals surface area (Å²) in [7, 11) is 3.63. The fourth-order valence-electron chi connectivity index (χ4n) is 3.97. The second-order valence-corrected chi connectivity index (χ2v) is 7.87. The summed E-state index contributed by atoms with van der Waals surface area (Å²) < 4.78 is 1.22. The number of rotatable bonds is 5. The highest BCUT2D eigenvalue weighted by Crippen LogP contribution is 2.24. The van der Waals surface area contributed by atoms with Gasteiger partial charge in [-0.15, -0.1) is 0 Å². The lowest BCUT2D eigenvalue weighted by Crippen LogP contribution is -2.49. The summed E-state index contributed by atoms with van der Waals surface area (Å²) in [6, 6.07) is 13.7. The number of nitrogens with zero attached hydrogens (tertiary/aromatic N) is 4. The largest absolute Gasteiger partial charge is 0.349 e. The second-order valence-electron chi connectivity index (χ2n) is 7.87. The first-order chi connectivity index (χ1) is 14.9. The predicted octanol–water partition coefficient (Wildman–Crippen LogP) is 0.340. The number of likely N-dealkylation sites (N-methyl/N-ethyl adjacent to an activating group) is 1. The van der Waals surface area contributed by atoms with Crippen LogP contribution in [0.25, 0.3) is 11.0 Å². The number of carbonyl (C=O) groups is 1. The molecule has 0 radical (unpaired) electrons. The fraction of sp³-hybridized carbons (Fsp3) is 0.364. The lowest BCUT2D eigenvalue weighted by Gasteiger charge is -2.40. The van der Waals surface area contributed by atoms with E-state index in [9.17, 15) is 14.4 Å². The maximum absolute atomic E-state index is 12.6. The Hall–Kier alpha value is -3.30. The molecular formula is C22H26N6O3. The van der Waals surface area contributed by atoms with Gasteiger partial charge in [0.15, 0.2) is 0 Å². The van der Waals surface area contributed by atoms with Crippen LogP contribution in [-0.2, 0) is 7.05 Å². The number of aromatic nitrogens is 3. The number of fused-ring (bicyclic) bond motifs is 1. The number of amides is 1. The third kappa shape index (κ3) is 4.42. The molecule has 3 heterocycles. The molecule has 1 aromatic carbocycles. The highest BCUT2D eigenvalue weighted by atomic mass is 16.2. The minimum atomic E-state index is -0.565. The van der Waals surface area contributed by atoms with E-state index in [4.69, 9.17) is 0 Å². The van der Waals surface area contributed by atoms with Crippen molar-refractivity contribution in [2.45, 2.75) is 6.04 Å². The first-order valence-corrected chi connectivity index (χ1v) is 10.3. The number of hydrogen-bond acceptors (Lipinski definition) is 6. The molecule has 1 amide bonds. The third-order valence-electron chi connectivity index (χ3n) is 5.76. The topological polar surface area (TPSA) is 103 Å². The minimum absolute atomic E-state index is 0.172. The molecule has 0 spiro atoms. The maximum Gasteiger partial charge on any atom is 0.329 e. The molecule has 2 aromatic heterocycles. The van der Waals surface area contributed by atoms with E-state index in [1.54, 1.807) is 0 Å². The number of H-pyrrole nitrogens is 1. The van der Waals surface area contributed by atoms with Crippen molar-refractivity contribution in [3.8, 4) is 0 Å². The van der Waals surface area contributed by atoms with E-state index in [1.165, 1.54) is 29.3 Å². The number of benzene rings is 1. The summed E-state index contributed by atoms with van der Waals surface area (Å²) in [5, 5.41) is 3.18. The van der Waals surface area contributed by atoms with Gasteiger partial charge in [0.05, 0.1) is 5.39 Å². The van der Waals surface area contributed by atoms with Gasteiger partial charge in [-0.1, -0.05) is 30.3 Å². The number of hydrogen-bond donors (Lipinski definition) is 2. The minimum Gasteiger partial charge on any atom is -0.349 e. The molecule has 9 heteroatoms. The number of nitrogens with one attached hydrogen (secondary N) is 2. The van der Waals surface area contributed by atoms with Crippen LogP contribution in [0.5, 0.6) is 0 Å². The van der Waals surface area contributed by atoms with E-state index >= 15 is 0 Å². The van der Waals surface area contributed by atoms with Crippen LogP contribution in [0, 0.1) is 0 Å². The Balaban J connectivity index is 1.44. The van der Waals surface area contributed by atoms with Crippen molar-refractivity contribution in [1.82, 2.24) is 29.7 Å². The number of aromatic amines is 1. The van der Waals surface area contributed by atoms with Gasteiger partial charge in [0.1, 0.15) is 11.3 Å². The molecule has 0 saturated carbocycles. The molecule has 0 bridgehead atoms. The number of pyridine rings is 1. The summed E-state index contributed by atoms with van der Waals surface area (Å²) in [6.45, 7) is 4.02. The van der Waals surface area contributed by atoms with Crippen LogP contribution in [0.2, 0.25) is 0 Å². The van der Waals surface area contributed by atoms with E-state index in [0.717, 1.165) is 19.6 Å². The number of piperazine rings is 1. The molecule has 1 aliphatic heterocycles. The summed E-state index contributed by atoms with van der Waals surface area (Å²) in [4.78, 5) is 47.6. The van der Waals surface area contributed by atoms with Gasteiger partial charge < -0.3 is 10.2 Å². The molecule has 4 rings (SSSR count). The van der Waals surface area contributed by atoms with Crippen molar-refractivity contribution < 1.29 is 4.79 Å². The van der Waals surface area contributed by atoms with Crippen LogP contribution >= 0.6 is 0 Å². The molecule has 2 N–H and O–H groups in total. The molecule has 0 aliphatic carbocycles. The zero-order valence-corrected chi connectivity index (χ0v) is 17.7. The van der Waals surface area contributed by atoms with Crippen LogP contribution < -0.4 is 16.6 Å². The van der Waals surface area contributed by atoms with E-state index in [-0.39, 0.29) is 28.7 Å². The van der Waals surface area contributed by atoms with Crippen molar-refractivity contribution in [1.29, 1.82) is 0 Å². The van der Waals surface area contributed by atoms with Gasteiger partial charge >= 0.3 is 5.69 Å². The summed E-state index contributed by atoms with van der Waals surface area (Å²) in [5.74, 6) is -0.333. The second kappa shape index (κ2) is 8.83. The highest BCUT2D eigenvalue weighted by molar-refractivity contribution is 5.94. The van der Waals surface area contributed by atoms with Gasteiger partial charge in [-0.3, -0.25) is 24.0 Å². The first-order valence-electron chi connectivity index (χ1n) is 10.3. The number of carbonyl (C=O) groups excluding carboxylic acids is 1. The van der Waals surface area contributed by atoms with E-state index < -0.39 is 11.2 Å². The zero-order valence-electron chi connectivity index (χ0n) is 17.7. The van der Waals surface area contributed by atoms with E-state index in [2.05, 4.69) is 44.3 Å². The van der Waals surface area contributed by atoms with Gasteiger partial charge in [0, 0.05) is 45.8 Å². The van der Waals surface area contributed by atoms with Crippen molar-refractivity contribution in [3.63, 3.8) is 0 Å². The Morgan fingerprint density at radius 1 is 1.13 bits per heavy atom. The van der Waals surface area contributed by atoms with Crippen LogP contribution in [0.4, 0.5) is 0 Å². The highest BCUT2D eigenvalue weighted by Gasteiger charge is 2.26. The molecule has 0 unspecified atom stereocenters. The molecule has 162 valence electrons. The average Bonchev–Trinajstić information content (AvgIpc) is 2.78. The van der Waals surface area contributed by atoms with Crippen molar-refractivity contribution in [2.75, 3.05) is 39.8 Å². The Morgan fingerprint density at radius 2 is 1.90 bits per heavy atom. The van der Waals surface area contributed by atoms with Crippen molar-refractivity contribution >= 4 is 16.9 Å². The van der Waals surface area contributed by atoms with Crippen LogP contribution in [0.1, 0.15) is 22.1 Å². The third-order valence-corrected chi connectivity index (χ3v) is 5.76. The Morgan fingerprint density at radius 3 is 2.68 bits per heavy atom. The molecule has 1 saturated heterocycles. The summed E-state index contributed by atoms with van der Waals surface area (Å²) >= 11 is 0. The summed E-state index contributed by atoms with van der Waals surface area (Å²) in [6.07, 6.45) is 0. The molecule has 31 heavy (non-hydrogen) atoms. The van der Waals surface area contributed by atoms with Crippen molar-refractivity contribution in [2.24, 2.45) is 7.05 Å². The van der Waals surface area contributed by atoms with Gasteiger partial charge in [-0.2, -0.15) is 0 Å². The van der Waals surface area contributed by atoms with E-state index in [0.29, 0.717) is 13.1 Å². The first kappa shape index (κ1) is 21.0. The SMILES string of the molecule is CN1CCN(CCNC(=O)c2ccc3c(=O)[nH]c(=O)n(C)c3n2)[C@H](c2ccccc2)C1.